The van der Waals surface area contributed by atoms with Gasteiger partial charge in [-0.15, -0.1) is 0 Å². The largest absolute Gasteiger partial charge is 0.478 e. The Kier molecular flexibility index (Phi) is 4.16. The van der Waals surface area contributed by atoms with Crippen molar-refractivity contribution in [3.63, 3.8) is 0 Å². The van der Waals surface area contributed by atoms with Crippen LogP contribution in [0.5, 0.6) is 17.2 Å². The number of aryl methyl sites for hydroxylation is 1. The third-order valence-corrected chi connectivity index (χ3v) is 3.69. The Bertz CT molecular complexity index is 856. The fourth-order valence-electron chi connectivity index (χ4n) is 2.45. The highest BCUT2D eigenvalue weighted by Gasteiger charge is 2.48. The lowest BCUT2D eigenvalue weighted by atomic mass is 10.0. The van der Waals surface area contributed by atoms with Gasteiger partial charge >= 0.3 is 12.1 Å². The van der Waals surface area contributed by atoms with Gasteiger partial charge in [0, 0.05) is 11.6 Å². The standard InChI is InChI=1S/C18H13F3O4/c1-10-4-2-3-5-14(10)24-12-7-6-11-8-13(17(22)23)16(18(19,20)21)25-15(11)9-12/h2-9,16H,1H3,(H,22,23). The van der Waals surface area contributed by atoms with Crippen molar-refractivity contribution in [2.75, 3.05) is 0 Å². The predicted molar refractivity (Wildman–Crippen MR) is 83.8 cm³/mol. The van der Waals surface area contributed by atoms with E-state index in [2.05, 4.69) is 0 Å². The van der Waals surface area contributed by atoms with E-state index in [9.17, 15) is 18.0 Å². The van der Waals surface area contributed by atoms with Crippen LogP contribution in [-0.2, 0) is 4.79 Å². The zero-order valence-corrected chi connectivity index (χ0v) is 13.0. The van der Waals surface area contributed by atoms with Crippen molar-refractivity contribution in [1.29, 1.82) is 0 Å². The molecule has 0 aromatic heterocycles. The van der Waals surface area contributed by atoms with E-state index in [0.717, 1.165) is 11.6 Å². The van der Waals surface area contributed by atoms with Crippen molar-refractivity contribution in [3.8, 4) is 17.2 Å². The average molecular weight is 350 g/mol. The molecule has 0 fully saturated rings. The van der Waals surface area contributed by atoms with Crippen molar-refractivity contribution in [2.24, 2.45) is 0 Å². The molecule has 0 radical (unpaired) electrons. The smallest absolute Gasteiger partial charge is 0.430 e. The number of hydrogen-bond acceptors (Lipinski definition) is 3. The third-order valence-electron chi connectivity index (χ3n) is 3.69. The molecule has 0 saturated heterocycles. The summed E-state index contributed by atoms with van der Waals surface area (Å²) in [6.45, 7) is 1.84. The second-order valence-corrected chi connectivity index (χ2v) is 5.51. The van der Waals surface area contributed by atoms with Gasteiger partial charge in [-0.3, -0.25) is 0 Å². The summed E-state index contributed by atoms with van der Waals surface area (Å²) in [7, 11) is 0. The molecule has 25 heavy (non-hydrogen) atoms. The Hall–Kier alpha value is -2.96. The summed E-state index contributed by atoms with van der Waals surface area (Å²) in [6.07, 6.45) is -6.39. The quantitative estimate of drug-likeness (QED) is 0.880. The Morgan fingerprint density at radius 1 is 1.20 bits per heavy atom. The molecule has 130 valence electrons. The molecule has 0 saturated carbocycles. The number of alkyl halides is 3. The zero-order chi connectivity index (χ0) is 18.2. The Balaban J connectivity index is 1.96. The van der Waals surface area contributed by atoms with Crippen LogP contribution in [0.2, 0.25) is 0 Å². The summed E-state index contributed by atoms with van der Waals surface area (Å²) in [6, 6.07) is 11.5. The molecule has 7 heteroatoms. The molecule has 2 aromatic rings. The summed E-state index contributed by atoms with van der Waals surface area (Å²) in [5.74, 6) is -0.903. The van der Waals surface area contributed by atoms with Crippen LogP contribution in [0.4, 0.5) is 13.2 Å². The summed E-state index contributed by atoms with van der Waals surface area (Å²) < 4.78 is 49.9. The topological polar surface area (TPSA) is 55.8 Å². The molecule has 0 spiro atoms. The summed E-state index contributed by atoms with van der Waals surface area (Å²) in [5.41, 5.74) is 0.255. The molecule has 3 rings (SSSR count). The molecule has 1 aliphatic rings. The number of ether oxygens (including phenoxy) is 2. The van der Waals surface area contributed by atoms with Gasteiger partial charge in [0.25, 0.3) is 0 Å². The molecular weight excluding hydrogens is 337 g/mol. The monoisotopic (exact) mass is 350 g/mol. The van der Waals surface area contributed by atoms with Crippen LogP contribution in [0.3, 0.4) is 0 Å². The molecule has 1 unspecified atom stereocenters. The summed E-state index contributed by atoms with van der Waals surface area (Å²) in [4.78, 5) is 11.1. The van der Waals surface area contributed by atoms with Crippen molar-refractivity contribution in [3.05, 3.63) is 59.2 Å². The van der Waals surface area contributed by atoms with Crippen LogP contribution >= 0.6 is 0 Å². The van der Waals surface area contributed by atoms with Crippen LogP contribution in [0, 0.1) is 6.92 Å². The van der Waals surface area contributed by atoms with E-state index in [0.29, 0.717) is 11.5 Å². The minimum absolute atomic E-state index is 0.0848. The van der Waals surface area contributed by atoms with Gasteiger partial charge in [-0.1, -0.05) is 18.2 Å². The third kappa shape index (κ3) is 3.45. The van der Waals surface area contributed by atoms with Crippen molar-refractivity contribution >= 4 is 12.0 Å². The minimum atomic E-state index is -4.84. The number of fused-ring (bicyclic) bond motifs is 1. The highest BCUT2D eigenvalue weighted by Crippen LogP contribution is 2.39. The maximum Gasteiger partial charge on any atom is 0.430 e. The summed E-state index contributed by atoms with van der Waals surface area (Å²) >= 11 is 0. The SMILES string of the molecule is Cc1ccccc1Oc1ccc2c(c1)OC(C(F)(F)F)C(C(=O)O)=C2. The minimum Gasteiger partial charge on any atom is -0.478 e. The Morgan fingerprint density at radius 2 is 1.92 bits per heavy atom. The number of hydrogen-bond donors (Lipinski definition) is 1. The Morgan fingerprint density at radius 3 is 2.56 bits per heavy atom. The van der Waals surface area contributed by atoms with E-state index in [-0.39, 0.29) is 11.3 Å². The first-order chi connectivity index (χ1) is 11.8. The molecule has 0 bridgehead atoms. The number of halogens is 3. The molecular formula is C18H13F3O4. The van der Waals surface area contributed by atoms with Crippen LogP contribution in [0.25, 0.3) is 6.08 Å². The van der Waals surface area contributed by atoms with Crippen molar-refractivity contribution in [1.82, 2.24) is 0 Å². The normalized spacial score (nSPS) is 16.5. The second kappa shape index (κ2) is 6.16. The predicted octanol–water partition coefficient (Wildman–Crippen LogP) is 4.58. The lowest BCUT2D eigenvalue weighted by molar-refractivity contribution is -0.187. The van der Waals surface area contributed by atoms with Gasteiger partial charge in [0.2, 0.25) is 6.10 Å². The molecule has 1 heterocycles. The van der Waals surface area contributed by atoms with E-state index in [4.69, 9.17) is 14.6 Å². The fraction of sp³-hybridized carbons (Fsp3) is 0.167. The second-order valence-electron chi connectivity index (χ2n) is 5.51. The van der Waals surface area contributed by atoms with Crippen LogP contribution < -0.4 is 9.47 Å². The van der Waals surface area contributed by atoms with Gasteiger partial charge in [-0.25, -0.2) is 4.79 Å². The van der Waals surface area contributed by atoms with Crippen LogP contribution in [-0.4, -0.2) is 23.4 Å². The number of carboxylic acid groups (broad SMARTS) is 1. The first-order valence-corrected chi connectivity index (χ1v) is 7.31. The Labute approximate surface area is 141 Å². The summed E-state index contributed by atoms with van der Waals surface area (Å²) in [5, 5.41) is 9.00. The lowest BCUT2D eigenvalue weighted by Gasteiger charge is -2.27. The van der Waals surface area contributed by atoms with Gasteiger partial charge < -0.3 is 14.6 Å². The average Bonchev–Trinajstić information content (AvgIpc) is 2.55. The highest BCUT2D eigenvalue weighted by atomic mass is 19.4. The van der Waals surface area contributed by atoms with Gasteiger partial charge in [0.15, 0.2) is 0 Å². The number of aliphatic carboxylic acids is 1. The molecule has 2 aromatic carbocycles. The molecule has 0 amide bonds. The first kappa shape index (κ1) is 16.9. The van der Waals surface area contributed by atoms with Crippen LogP contribution in [0.1, 0.15) is 11.1 Å². The number of benzene rings is 2. The maximum atomic E-state index is 13.1. The number of carboxylic acids is 1. The van der Waals surface area contributed by atoms with E-state index in [1.165, 1.54) is 12.1 Å². The molecule has 0 aliphatic carbocycles. The number of rotatable bonds is 3. The number of carbonyl (C=O) groups is 1. The van der Waals surface area contributed by atoms with E-state index >= 15 is 0 Å². The molecule has 4 nitrogen and oxygen atoms in total. The van der Waals surface area contributed by atoms with Gasteiger partial charge in [-0.2, -0.15) is 13.2 Å². The van der Waals surface area contributed by atoms with Crippen molar-refractivity contribution in [2.45, 2.75) is 19.2 Å². The zero-order valence-electron chi connectivity index (χ0n) is 13.0. The van der Waals surface area contributed by atoms with E-state index < -0.39 is 23.8 Å². The first-order valence-electron chi connectivity index (χ1n) is 7.31. The lowest BCUT2D eigenvalue weighted by Crippen LogP contribution is -2.40. The highest BCUT2D eigenvalue weighted by molar-refractivity contribution is 5.95. The van der Waals surface area contributed by atoms with Crippen molar-refractivity contribution < 1.29 is 32.5 Å². The number of para-hydroxylation sites is 1. The van der Waals surface area contributed by atoms with Gasteiger partial charge in [-0.05, 0) is 36.8 Å². The molecule has 1 aliphatic heterocycles. The molecule has 1 N–H and O–H groups in total. The fourth-order valence-corrected chi connectivity index (χ4v) is 2.45. The van der Waals surface area contributed by atoms with Crippen LogP contribution in [0.15, 0.2) is 48.0 Å². The molecule has 1 atom stereocenters. The maximum absolute atomic E-state index is 13.1. The van der Waals surface area contributed by atoms with E-state index in [1.54, 1.807) is 18.2 Å². The van der Waals surface area contributed by atoms with E-state index in [1.807, 2.05) is 19.1 Å². The van der Waals surface area contributed by atoms with Gasteiger partial charge in [0.1, 0.15) is 17.2 Å². The van der Waals surface area contributed by atoms with Gasteiger partial charge in [0.05, 0.1) is 5.57 Å².